The first kappa shape index (κ1) is 21.4. The number of carbonyl (C=O) groups is 3. The van der Waals surface area contributed by atoms with E-state index in [1.54, 1.807) is 18.3 Å². The van der Waals surface area contributed by atoms with Gasteiger partial charge < -0.3 is 15.5 Å². The summed E-state index contributed by atoms with van der Waals surface area (Å²) < 4.78 is 0.855. The summed E-state index contributed by atoms with van der Waals surface area (Å²) in [7, 11) is 0. The molecule has 9 heteroatoms. The predicted molar refractivity (Wildman–Crippen MR) is 116 cm³/mol. The number of rotatable bonds is 7. The fraction of sp³-hybridized carbons (Fsp3) is 0.400. The van der Waals surface area contributed by atoms with Crippen molar-refractivity contribution < 1.29 is 14.4 Å². The van der Waals surface area contributed by atoms with Gasteiger partial charge in [0.15, 0.2) is 0 Å². The van der Waals surface area contributed by atoms with Crippen LogP contribution in [0, 0.1) is 5.92 Å². The van der Waals surface area contributed by atoms with Gasteiger partial charge in [-0.15, -0.1) is 11.3 Å². The smallest absolute Gasteiger partial charge is 0.261 e. The summed E-state index contributed by atoms with van der Waals surface area (Å²) in [5.41, 5.74) is 0. The van der Waals surface area contributed by atoms with Gasteiger partial charge in [0.2, 0.25) is 11.8 Å². The molecule has 1 aliphatic heterocycles. The Morgan fingerprint density at radius 2 is 2.00 bits per heavy atom. The maximum Gasteiger partial charge on any atom is 0.261 e. The molecule has 3 amide bonds. The molecule has 0 bridgehead atoms. The Labute approximate surface area is 182 Å². The second kappa shape index (κ2) is 10.5. The number of nitrogens with zero attached hydrogens (tertiary/aromatic N) is 2. The molecule has 0 aromatic carbocycles. The molecular weight excluding hydrogens is 456 g/mol. The van der Waals surface area contributed by atoms with E-state index in [9.17, 15) is 14.4 Å². The number of pyridine rings is 1. The quantitative estimate of drug-likeness (QED) is 0.597. The van der Waals surface area contributed by atoms with Gasteiger partial charge in [-0.25, -0.2) is 4.98 Å². The predicted octanol–water partition coefficient (Wildman–Crippen LogP) is 3.29. The van der Waals surface area contributed by atoms with E-state index in [2.05, 4.69) is 31.5 Å². The summed E-state index contributed by atoms with van der Waals surface area (Å²) >= 11 is 4.71. The first-order valence-electron chi connectivity index (χ1n) is 9.55. The molecule has 0 unspecified atom stereocenters. The highest BCUT2D eigenvalue weighted by Gasteiger charge is 2.27. The van der Waals surface area contributed by atoms with E-state index in [-0.39, 0.29) is 23.6 Å². The van der Waals surface area contributed by atoms with Gasteiger partial charge in [-0.2, -0.15) is 0 Å². The third-order valence-corrected chi connectivity index (χ3v) is 6.13. The number of amides is 3. The summed E-state index contributed by atoms with van der Waals surface area (Å²) in [5.74, 6) is 0.336. The number of halogens is 1. The van der Waals surface area contributed by atoms with Crippen molar-refractivity contribution in [3.63, 3.8) is 0 Å². The Kier molecular flexibility index (Phi) is 7.76. The first-order chi connectivity index (χ1) is 14.0. The van der Waals surface area contributed by atoms with Crippen LogP contribution in [0.3, 0.4) is 0 Å². The molecule has 2 aromatic rings. The van der Waals surface area contributed by atoms with Gasteiger partial charge in [0.25, 0.3) is 5.91 Å². The van der Waals surface area contributed by atoms with Crippen LogP contribution in [0.15, 0.2) is 40.3 Å². The van der Waals surface area contributed by atoms with Crippen molar-refractivity contribution >= 4 is 50.8 Å². The second-order valence-electron chi connectivity index (χ2n) is 6.84. The topological polar surface area (TPSA) is 91.4 Å². The van der Waals surface area contributed by atoms with Gasteiger partial charge in [0.05, 0.1) is 4.88 Å². The Balaban J connectivity index is 1.34. The average Bonchev–Trinajstić information content (AvgIpc) is 3.28. The second-order valence-corrected chi connectivity index (χ2v) is 8.71. The van der Waals surface area contributed by atoms with E-state index in [0.29, 0.717) is 56.0 Å². The zero-order chi connectivity index (χ0) is 20.6. The molecule has 0 saturated carbocycles. The maximum atomic E-state index is 12.4. The Bertz CT molecular complexity index is 834. The Morgan fingerprint density at radius 3 is 2.66 bits per heavy atom. The van der Waals surface area contributed by atoms with Crippen LogP contribution in [0.5, 0.6) is 0 Å². The molecule has 3 heterocycles. The van der Waals surface area contributed by atoms with Crippen LogP contribution < -0.4 is 10.6 Å². The van der Waals surface area contributed by atoms with Crippen LogP contribution in [0.4, 0.5) is 5.82 Å². The summed E-state index contributed by atoms with van der Waals surface area (Å²) in [5, 5.41) is 7.52. The van der Waals surface area contributed by atoms with Crippen molar-refractivity contribution in [2.45, 2.75) is 25.7 Å². The molecule has 1 fully saturated rings. The molecule has 0 radical (unpaired) electrons. The van der Waals surface area contributed by atoms with Crippen LogP contribution in [0.25, 0.3) is 0 Å². The van der Waals surface area contributed by atoms with Crippen LogP contribution in [0.2, 0.25) is 0 Å². The Hall–Kier alpha value is -2.26. The molecule has 2 aromatic heterocycles. The van der Waals surface area contributed by atoms with Crippen molar-refractivity contribution in [1.29, 1.82) is 0 Å². The normalized spacial score (nSPS) is 14.4. The third-order valence-electron chi connectivity index (χ3n) is 4.80. The average molecular weight is 479 g/mol. The zero-order valence-corrected chi connectivity index (χ0v) is 18.3. The molecule has 0 spiro atoms. The summed E-state index contributed by atoms with van der Waals surface area (Å²) in [6, 6.07) is 7.19. The van der Waals surface area contributed by atoms with Gasteiger partial charge in [0, 0.05) is 42.6 Å². The minimum Gasteiger partial charge on any atom is -0.351 e. The zero-order valence-electron chi connectivity index (χ0n) is 15.9. The number of aromatic nitrogens is 1. The molecule has 154 valence electrons. The van der Waals surface area contributed by atoms with Crippen molar-refractivity contribution in [2.24, 2.45) is 5.92 Å². The fourth-order valence-electron chi connectivity index (χ4n) is 3.16. The minimum absolute atomic E-state index is 0.0526. The highest BCUT2D eigenvalue weighted by Crippen LogP contribution is 2.20. The van der Waals surface area contributed by atoms with E-state index < -0.39 is 0 Å². The molecular formula is C20H23BrN4O3S. The van der Waals surface area contributed by atoms with E-state index in [1.807, 2.05) is 22.4 Å². The lowest BCUT2D eigenvalue weighted by atomic mass is 9.95. The van der Waals surface area contributed by atoms with Gasteiger partial charge in [-0.3, -0.25) is 14.4 Å². The summed E-state index contributed by atoms with van der Waals surface area (Å²) in [6.45, 7) is 1.63. The van der Waals surface area contributed by atoms with Crippen molar-refractivity contribution in [3.8, 4) is 0 Å². The van der Waals surface area contributed by atoms with Gasteiger partial charge >= 0.3 is 0 Å². The van der Waals surface area contributed by atoms with Gasteiger partial charge in [0.1, 0.15) is 5.82 Å². The molecule has 3 rings (SSSR count). The summed E-state index contributed by atoms with van der Waals surface area (Å²) in [4.78, 5) is 43.3. The van der Waals surface area contributed by atoms with Crippen molar-refractivity contribution in [2.75, 3.05) is 25.0 Å². The summed E-state index contributed by atoms with van der Waals surface area (Å²) in [6.07, 6.45) is 3.92. The third kappa shape index (κ3) is 6.37. The Morgan fingerprint density at radius 1 is 1.21 bits per heavy atom. The lowest BCUT2D eigenvalue weighted by Gasteiger charge is -2.31. The molecule has 2 N–H and O–H groups in total. The number of thiophene rings is 1. The highest BCUT2D eigenvalue weighted by atomic mass is 79.9. The molecule has 0 aliphatic carbocycles. The number of hydrogen-bond acceptors (Lipinski definition) is 5. The standard InChI is InChI=1S/C20H23BrN4O3S/c21-15-5-6-17(23-13-15)24-19(27)14-7-10-25(11-8-14)18(26)4-1-9-22-20(28)16-3-2-12-29-16/h2-3,5-6,12-14H,1,4,7-11H2,(H,22,28)(H,23,24,27). The monoisotopic (exact) mass is 478 g/mol. The van der Waals surface area contributed by atoms with Crippen molar-refractivity contribution in [1.82, 2.24) is 15.2 Å². The highest BCUT2D eigenvalue weighted by molar-refractivity contribution is 9.10. The van der Waals surface area contributed by atoms with E-state index in [1.165, 1.54) is 11.3 Å². The molecule has 1 saturated heterocycles. The largest absolute Gasteiger partial charge is 0.351 e. The van der Waals surface area contributed by atoms with Crippen LogP contribution in [-0.4, -0.2) is 47.2 Å². The number of piperidine rings is 1. The number of likely N-dealkylation sites (tertiary alicyclic amines) is 1. The number of nitrogens with one attached hydrogen (secondary N) is 2. The van der Waals surface area contributed by atoms with Gasteiger partial charge in [-0.05, 0) is 58.8 Å². The fourth-order valence-corrected chi connectivity index (χ4v) is 4.04. The van der Waals surface area contributed by atoms with Crippen LogP contribution in [0.1, 0.15) is 35.4 Å². The number of hydrogen-bond donors (Lipinski definition) is 2. The number of carbonyl (C=O) groups excluding carboxylic acids is 3. The molecule has 7 nitrogen and oxygen atoms in total. The van der Waals surface area contributed by atoms with Gasteiger partial charge in [-0.1, -0.05) is 6.07 Å². The van der Waals surface area contributed by atoms with Crippen LogP contribution >= 0.6 is 27.3 Å². The molecule has 29 heavy (non-hydrogen) atoms. The van der Waals surface area contributed by atoms with E-state index in [0.717, 1.165) is 4.47 Å². The number of anilines is 1. The SMILES string of the molecule is O=C(NCCCC(=O)N1CCC(C(=O)Nc2ccc(Br)cn2)CC1)c1cccs1. The first-order valence-corrected chi connectivity index (χ1v) is 11.2. The van der Waals surface area contributed by atoms with E-state index >= 15 is 0 Å². The molecule has 1 aliphatic rings. The minimum atomic E-state index is -0.116. The lowest BCUT2D eigenvalue weighted by Crippen LogP contribution is -2.41. The van der Waals surface area contributed by atoms with Crippen molar-refractivity contribution in [3.05, 3.63) is 45.2 Å². The maximum absolute atomic E-state index is 12.4. The lowest BCUT2D eigenvalue weighted by molar-refractivity contribution is -0.134. The molecule has 0 atom stereocenters. The van der Waals surface area contributed by atoms with Crippen LogP contribution in [-0.2, 0) is 9.59 Å². The van der Waals surface area contributed by atoms with E-state index in [4.69, 9.17) is 0 Å².